The summed E-state index contributed by atoms with van der Waals surface area (Å²) in [7, 11) is 1.16. The standard InChI is InChI=1S/C44H65NO12/c1-9-11-13-16-19-22-35(47)23-20-17-14-15-18-21-24-37(44(52,42(51)57-43(5,6)7)31-39(48)56-33(4)55-32(3)46)40(49)45-38(41(50)53-8)30-34-25-27-36(28-26-34)54-29-12-10-2/h21,24-28,33,37-38,52H,9,11,13-20,22-23,29-31H2,1-8H3,(H,45,49)/b24-21+/t33?,37-,38+,44+/m1/s1. The van der Waals surface area contributed by atoms with Crippen LogP contribution >= 0.6 is 0 Å². The zero-order valence-corrected chi connectivity index (χ0v) is 35.2. The van der Waals surface area contributed by atoms with Gasteiger partial charge in [0.15, 0.2) is 5.60 Å². The minimum absolute atomic E-state index is 0.0297. The van der Waals surface area contributed by atoms with E-state index in [-0.39, 0.29) is 18.8 Å². The molecule has 0 radical (unpaired) electrons. The Labute approximate surface area is 338 Å². The lowest BCUT2D eigenvalue weighted by Crippen LogP contribution is -2.57. The molecule has 1 rings (SSSR count). The topological polar surface area (TPSA) is 181 Å². The summed E-state index contributed by atoms with van der Waals surface area (Å²) in [6.07, 6.45) is 10.6. The fraction of sp³-hybridized carbons (Fsp3) is 0.636. The van der Waals surface area contributed by atoms with Crippen molar-refractivity contribution in [2.24, 2.45) is 5.92 Å². The Balaban J connectivity index is 3.32. The Morgan fingerprint density at radius 1 is 0.895 bits per heavy atom. The fourth-order valence-electron chi connectivity index (χ4n) is 5.81. The third-order valence-electron chi connectivity index (χ3n) is 8.71. The summed E-state index contributed by atoms with van der Waals surface area (Å²) >= 11 is 0. The molecule has 0 aromatic heterocycles. The van der Waals surface area contributed by atoms with Crippen LogP contribution in [0.1, 0.15) is 138 Å². The molecule has 1 unspecified atom stereocenters. The van der Waals surface area contributed by atoms with Gasteiger partial charge in [-0.1, -0.05) is 75.7 Å². The first kappa shape index (κ1) is 50.3. The molecule has 2 N–H and O–H groups in total. The maximum Gasteiger partial charge on any atom is 0.340 e. The third kappa shape index (κ3) is 21.4. The largest absolute Gasteiger partial charge is 0.481 e. The van der Waals surface area contributed by atoms with E-state index in [1.54, 1.807) is 58.0 Å². The number of hydrogen-bond acceptors (Lipinski definition) is 12. The van der Waals surface area contributed by atoms with Crippen molar-refractivity contribution in [3.8, 4) is 17.6 Å². The van der Waals surface area contributed by atoms with Gasteiger partial charge in [-0.25, -0.2) is 9.59 Å². The van der Waals surface area contributed by atoms with Gasteiger partial charge in [-0.15, -0.1) is 5.92 Å². The number of carbonyl (C=O) groups is 6. The van der Waals surface area contributed by atoms with E-state index >= 15 is 0 Å². The van der Waals surface area contributed by atoms with Crippen molar-refractivity contribution in [3.05, 3.63) is 42.0 Å². The molecule has 57 heavy (non-hydrogen) atoms. The molecular weight excluding hydrogens is 734 g/mol. The van der Waals surface area contributed by atoms with Crippen LogP contribution in [0.3, 0.4) is 0 Å². The van der Waals surface area contributed by atoms with Gasteiger partial charge in [0.1, 0.15) is 29.8 Å². The number of unbranched alkanes of at least 4 members (excludes halogenated alkanes) is 8. The van der Waals surface area contributed by atoms with Crippen LogP contribution < -0.4 is 10.1 Å². The van der Waals surface area contributed by atoms with Gasteiger partial charge in [0.2, 0.25) is 12.2 Å². The van der Waals surface area contributed by atoms with Crippen molar-refractivity contribution < 1.29 is 57.6 Å². The molecule has 0 saturated carbocycles. The molecule has 0 bridgehead atoms. The highest BCUT2D eigenvalue weighted by molar-refractivity contribution is 5.96. The number of Topliss-reactive ketones (excluding diaryl/α,β-unsaturated/α-hetero) is 1. The van der Waals surface area contributed by atoms with Crippen LogP contribution in [0.15, 0.2) is 36.4 Å². The van der Waals surface area contributed by atoms with Crippen molar-refractivity contribution in [1.82, 2.24) is 5.32 Å². The summed E-state index contributed by atoms with van der Waals surface area (Å²) in [4.78, 5) is 77.8. The molecular formula is C44H65NO12. The minimum Gasteiger partial charge on any atom is -0.481 e. The monoisotopic (exact) mass is 799 g/mol. The lowest BCUT2D eigenvalue weighted by atomic mass is 9.82. The second-order valence-corrected chi connectivity index (χ2v) is 15.0. The molecule has 318 valence electrons. The van der Waals surface area contributed by atoms with Gasteiger partial charge in [-0.2, -0.15) is 0 Å². The molecule has 1 aromatic rings. The number of hydrogen-bond donors (Lipinski definition) is 2. The molecule has 0 heterocycles. The van der Waals surface area contributed by atoms with Gasteiger partial charge in [0.25, 0.3) is 0 Å². The highest BCUT2D eigenvalue weighted by atomic mass is 16.7. The SMILES string of the molecule is CC#CCOc1ccc(C[C@H](NC(=O)[C@@H](/C=C/CCCCCCC(=O)CCCCCCC)[C@@](O)(CC(=O)OC(C)OC(C)=O)C(=O)OC(C)(C)C)C(=O)OC)cc1. The molecule has 0 fully saturated rings. The number of allylic oxidation sites excluding steroid dienone is 1. The van der Waals surface area contributed by atoms with Gasteiger partial charge in [0.05, 0.1) is 19.4 Å². The number of esters is 4. The van der Waals surface area contributed by atoms with Crippen LogP contribution in [-0.4, -0.2) is 77.9 Å². The molecule has 13 nitrogen and oxygen atoms in total. The first-order chi connectivity index (χ1) is 26.9. The van der Waals surface area contributed by atoms with Crippen LogP contribution in [0.5, 0.6) is 5.75 Å². The third-order valence-corrected chi connectivity index (χ3v) is 8.71. The second-order valence-electron chi connectivity index (χ2n) is 15.0. The predicted octanol–water partition coefficient (Wildman–Crippen LogP) is 6.65. The van der Waals surface area contributed by atoms with Crippen LogP contribution in [0.4, 0.5) is 0 Å². The summed E-state index contributed by atoms with van der Waals surface area (Å²) < 4.78 is 26.1. The molecule has 0 spiro atoms. The molecule has 0 aliphatic rings. The van der Waals surface area contributed by atoms with E-state index in [1.807, 2.05) is 0 Å². The molecule has 1 aromatic carbocycles. The number of aliphatic hydroxyl groups is 1. The molecule has 0 aliphatic carbocycles. The number of ether oxygens (including phenoxy) is 5. The number of ketones is 1. The van der Waals surface area contributed by atoms with Gasteiger partial charge >= 0.3 is 23.9 Å². The van der Waals surface area contributed by atoms with E-state index in [0.717, 1.165) is 59.0 Å². The van der Waals surface area contributed by atoms with E-state index < -0.39 is 65.7 Å². The Bertz CT molecular complexity index is 1520. The lowest BCUT2D eigenvalue weighted by molar-refractivity contribution is -0.197. The zero-order valence-electron chi connectivity index (χ0n) is 35.2. The van der Waals surface area contributed by atoms with Crippen molar-refractivity contribution in [1.29, 1.82) is 0 Å². The number of nitrogens with one attached hydrogen (secondary N) is 1. The van der Waals surface area contributed by atoms with Gasteiger partial charge in [-0.05, 0) is 71.1 Å². The Morgan fingerprint density at radius 3 is 2.07 bits per heavy atom. The maximum atomic E-state index is 14.2. The Morgan fingerprint density at radius 2 is 1.51 bits per heavy atom. The summed E-state index contributed by atoms with van der Waals surface area (Å²) in [5.41, 5.74) is -3.35. The summed E-state index contributed by atoms with van der Waals surface area (Å²) in [6.45, 7) is 11.1. The number of methoxy groups -OCH3 is 1. The maximum absolute atomic E-state index is 14.2. The summed E-state index contributed by atoms with van der Waals surface area (Å²) in [6, 6.07) is 5.51. The van der Waals surface area contributed by atoms with E-state index in [9.17, 15) is 33.9 Å². The van der Waals surface area contributed by atoms with Crippen LogP contribution in [0.2, 0.25) is 0 Å². The normalized spacial score (nSPS) is 13.8. The van der Waals surface area contributed by atoms with Gasteiger partial charge in [0, 0.05) is 33.1 Å². The average molecular weight is 800 g/mol. The van der Waals surface area contributed by atoms with E-state index in [0.29, 0.717) is 37.0 Å². The highest BCUT2D eigenvalue weighted by Crippen LogP contribution is 2.30. The molecule has 13 heteroatoms. The van der Waals surface area contributed by atoms with E-state index in [4.69, 9.17) is 23.7 Å². The first-order valence-corrected chi connectivity index (χ1v) is 20.0. The number of amides is 1. The van der Waals surface area contributed by atoms with E-state index in [1.165, 1.54) is 19.4 Å². The second kappa shape index (κ2) is 27.0. The quantitative estimate of drug-likeness (QED) is 0.0242. The fourth-order valence-corrected chi connectivity index (χ4v) is 5.81. The van der Waals surface area contributed by atoms with Gasteiger partial charge < -0.3 is 34.1 Å². The van der Waals surface area contributed by atoms with Crippen molar-refractivity contribution in [3.63, 3.8) is 0 Å². The summed E-state index contributed by atoms with van der Waals surface area (Å²) in [5.74, 6) is -0.341. The average Bonchev–Trinajstić information content (AvgIpc) is 3.12. The Kier molecular flexibility index (Phi) is 23.9. The van der Waals surface area contributed by atoms with Crippen LogP contribution in [0, 0.1) is 17.8 Å². The van der Waals surface area contributed by atoms with Crippen molar-refractivity contribution in [2.45, 2.75) is 162 Å². The number of carbonyl (C=O) groups excluding carboxylic acids is 6. The van der Waals surface area contributed by atoms with Crippen LogP contribution in [0.25, 0.3) is 0 Å². The number of rotatable bonds is 27. The van der Waals surface area contributed by atoms with Gasteiger partial charge in [-0.3, -0.25) is 19.2 Å². The molecule has 0 saturated heterocycles. The van der Waals surface area contributed by atoms with E-state index in [2.05, 4.69) is 24.1 Å². The molecule has 4 atom stereocenters. The zero-order chi connectivity index (χ0) is 42.9. The highest BCUT2D eigenvalue weighted by Gasteiger charge is 2.51. The van der Waals surface area contributed by atoms with Crippen LogP contribution in [-0.2, 0) is 54.1 Å². The smallest absolute Gasteiger partial charge is 0.340 e. The van der Waals surface area contributed by atoms with Crippen molar-refractivity contribution in [2.75, 3.05) is 13.7 Å². The molecule has 0 aliphatic heterocycles. The number of benzene rings is 1. The van der Waals surface area contributed by atoms with Crippen molar-refractivity contribution >= 4 is 35.6 Å². The molecule has 1 amide bonds. The lowest BCUT2D eigenvalue weighted by Gasteiger charge is -2.34. The predicted molar refractivity (Wildman–Crippen MR) is 214 cm³/mol. The summed E-state index contributed by atoms with van der Waals surface area (Å²) in [5, 5.41) is 14.7. The first-order valence-electron chi connectivity index (χ1n) is 20.0. The Hall–Kier alpha value is -4.70. The minimum atomic E-state index is -2.83.